The van der Waals surface area contributed by atoms with Crippen LogP contribution in [-0.2, 0) is 19.4 Å². The molecule has 26 heavy (non-hydrogen) atoms. The Hall–Kier alpha value is -2.53. The number of thiophene rings is 1. The first-order valence-electron chi connectivity index (χ1n) is 9.02. The van der Waals surface area contributed by atoms with E-state index in [0.29, 0.717) is 12.0 Å². The fourth-order valence-electron chi connectivity index (χ4n) is 3.98. The molecule has 2 aliphatic rings. The molecule has 0 amide bonds. The van der Waals surface area contributed by atoms with Gasteiger partial charge in [-0.1, -0.05) is 30.3 Å². The van der Waals surface area contributed by atoms with Crippen LogP contribution in [0.1, 0.15) is 44.4 Å². The molecule has 0 unspecified atom stereocenters. The maximum Gasteiger partial charge on any atom is 0.225 e. The van der Waals surface area contributed by atoms with E-state index in [0.717, 1.165) is 37.6 Å². The van der Waals surface area contributed by atoms with Crippen LogP contribution in [0.4, 0.5) is 5.95 Å². The summed E-state index contributed by atoms with van der Waals surface area (Å²) in [7, 11) is 0. The third-order valence-corrected chi connectivity index (χ3v) is 6.42. The van der Waals surface area contributed by atoms with Crippen LogP contribution in [0.2, 0.25) is 0 Å². The predicted octanol–water partition coefficient (Wildman–Crippen LogP) is 4.01. The first kappa shape index (κ1) is 15.7. The summed E-state index contributed by atoms with van der Waals surface area (Å²) in [5.41, 5.74) is 4.37. The maximum absolute atomic E-state index is 12.6. The summed E-state index contributed by atoms with van der Waals surface area (Å²) in [5, 5.41) is 2.08. The molecule has 1 aliphatic carbocycles. The van der Waals surface area contributed by atoms with Gasteiger partial charge in [-0.05, 0) is 35.4 Å². The van der Waals surface area contributed by atoms with Crippen LogP contribution in [-0.4, -0.2) is 22.3 Å². The molecule has 0 bridgehead atoms. The SMILES string of the molecule is O=C1C[C@H](c2cccs2)Cc2nc(N3CCc4ccccc4C3)ncc21. The Morgan fingerprint density at radius 2 is 1.96 bits per heavy atom. The normalized spacial score (nSPS) is 19.2. The van der Waals surface area contributed by atoms with E-state index in [1.807, 2.05) is 0 Å². The van der Waals surface area contributed by atoms with Crippen molar-refractivity contribution < 1.29 is 4.79 Å². The lowest BCUT2D eigenvalue weighted by Gasteiger charge is -2.30. The van der Waals surface area contributed by atoms with Crippen molar-refractivity contribution in [3.8, 4) is 0 Å². The third-order valence-electron chi connectivity index (χ3n) is 5.39. The van der Waals surface area contributed by atoms with E-state index >= 15 is 0 Å². The molecule has 0 radical (unpaired) electrons. The van der Waals surface area contributed by atoms with Crippen LogP contribution in [0.5, 0.6) is 0 Å². The molecule has 3 aromatic rings. The molecule has 1 aromatic carbocycles. The third kappa shape index (κ3) is 2.72. The van der Waals surface area contributed by atoms with Crippen molar-refractivity contribution in [3.63, 3.8) is 0 Å². The number of hydrogen-bond acceptors (Lipinski definition) is 5. The van der Waals surface area contributed by atoms with E-state index in [2.05, 4.69) is 51.7 Å². The van der Waals surface area contributed by atoms with Crippen LogP contribution in [0.25, 0.3) is 0 Å². The number of carbonyl (C=O) groups excluding carboxylic acids is 1. The Balaban J connectivity index is 1.45. The van der Waals surface area contributed by atoms with Gasteiger partial charge in [-0.2, -0.15) is 0 Å². The van der Waals surface area contributed by atoms with Gasteiger partial charge in [0.25, 0.3) is 0 Å². The van der Waals surface area contributed by atoms with E-state index in [1.54, 1.807) is 17.5 Å². The van der Waals surface area contributed by atoms with Gasteiger partial charge in [-0.15, -0.1) is 11.3 Å². The van der Waals surface area contributed by atoms with E-state index in [1.165, 1.54) is 16.0 Å². The van der Waals surface area contributed by atoms with Gasteiger partial charge < -0.3 is 4.90 Å². The van der Waals surface area contributed by atoms with Gasteiger partial charge in [0.2, 0.25) is 5.95 Å². The molecule has 1 aliphatic heterocycles. The Kier molecular flexibility index (Phi) is 3.82. The zero-order valence-corrected chi connectivity index (χ0v) is 15.2. The Morgan fingerprint density at radius 3 is 2.81 bits per heavy atom. The lowest BCUT2D eigenvalue weighted by molar-refractivity contribution is 0.0963. The van der Waals surface area contributed by atoms with Crippen molar-refractivity contribution in [1.82, 2.24) is 9.97 Å². The van der Waals surface area contributed by atoms with E-state index in [9.17, 15) is 4.79 Å². The molecule has 1 atom stereocenters. The number of benzene rings is 1. The molecule has 130 valence electrons. The quantitative estimate of drug-likeness (QED) is 0.692. The van der Waals surface area contributed by atoms with Gasteiger partial charge in [0.15, 0.2) is 5.78 Å². The number of ketones is 1. The highest BCUT2D eigenvalue weighted by atomic mass is 32.1. The lowest BCUT2D eigenvalue weighted by Crippen LogP contribution is -2.32. The summed E-state index contributed by atoms with van der Waals surface area (Å²) in [5.74, 6) is 1.16. The van der Waals surface area contributed by atoms with Gasteiger partial charge in [0, 0.05) is 36.5 Å². The second kappa shape index (κ2) is 6.32. The first-order valence-corrected chi connectivity index (χ1v) is 9.90. The van der Waals surface area contributed by atoms with Gasteiger partial charge in [0.05, 0.1) is 11.3 Å². The largest absolute Gasteiger partial charge is 0.336 e. The van der Waals surface area contributed by atoms with Crippen molar-refractivity contribution in [3.05, 3.63) is 75.2 Å². The topological polar surface area (TPSA) is 46.1 Å². The van der Waals surface area contributed by atoms with Gasteiger partial charge >= 0.3 is 0 Å². The average Bonchev–Trinajstić information content (AvgIpc) is 3.22. The van der Waals surface area contributed by atoms with Gasteiger partial charge in [-0.25, -0.2) is 9.97 Å². The highest BCUT2D eigenvalue weighted by Crippen LogP contribution is 2.34. The van der Waals surface area contributed by atoms with Crippen LogP contribution in [0.15, 0.2) is 48.0 Å². The standard InChI is InChI=1S/C21H19N3OS/c25-19-11-16(20-6-3-9-26-20)10-18-17(19)12-22-21(23-18)24-8-7-14-4-1-2-5-15(14)13-24/h1-6,9,12,16H,7-8,10-11,13H2/t16-/m1/s1. The molecule has 0 saturated heterocycles. The summed E-state index contributed by atoms with van der Waals surface area (Å²) < 4.78 is 0. The van der Waals surface area contributed by atoms with Crippen LogP contribution < -0.4 is 4.90 Å². The number of nitrogens with zero attached hydrogens (tertiary/aromatic N) is 3. The minimum atomic E-state index is 0.167. The second-order valence-corrected chi connectivity index (χ2v) is 7.99. The molecular formula is C21H19N3OS. The zero-order valence-electron chi connectivity index (χ0n) is 14.4. The molecule has 3 heterocycles. The summed E-state index contributed by atoms with van der Waals surface area (Å²) in [6, 6.07) is 12.7. The van der Waals surface area contributed by atoms with Crippen LogP contribution in [0, 0.1) is 0 Å². The molecule has 4 nitrogen and oxygen atoms in total. The Labute approximate surface area is 156 Å². The van der Waals surface area contributed by atoms with Crippen LogP contribution >= 0.6 is 11.3 Å². The van der Waals surface area contributed by atoms with Crippen molar-refractivity contribution >= 4 is 23.1 Å². The van der Waals surface area contributed by atoms with Crippen molar-refractivity contribution in [2.75, 3.05) is 11.4 Å². The smallest absolute Gasteiger partial charge is 0.225 e. The average molecular weight is 361 g/mol. The van der Waals surface area contributed by atoms with Crippen LogP contribution in [0.3, 0.4) is 0 Å². The summed E-state index contributed by atoms with van der Waals surface area (Å²) in [6.07, 6.45) is 4.13. The molecular weight excluding hydrogens is 342 g/mol. The molecule has 0 fully saturated rings. The monoisotopic (exact) mass is 361 g/mol. The Bertz CT molecular complexity index is 967. The predicted molar refractivity (Wildman–Crippen MR) is 103 cm³/mol. The number of carbonyl (C=O) groups is 1. The second-order valence-electron chi connectivity index (χ2n) is 7.01. The van der Waals surface area contributed by atoms with Gasteiger partial charge in [-0.3, -0.25) is 4.79 Å². The maximum atomic E-state index is 12.6. The fourth-order valence-corrected chi connectivity index (χ4v) is 4.81. The minimum absolute atomic E-state index is 0.167. The molecule has 0 N–H and O–H groups in total. The molecule has 5 rings (SSSR count). The highest BCUT2D eigenvalue weighted by Gasteiger charge is 2.29. The summed E-state index contributed by atoms with van der Waals surface area (Å²) >= 11 is 1.72. The summed E-state index contributed by atoms with van der Waals surface area (Å²) in [4.78, 5) is 25.4. The lowest BCUT2D eigenvalue weighted by atomic mass is 9.85. The molecule has 0 saturated carbocycles. The summed E-state index contributed by atoms with van der Waals surface area (Å²) in [6.45, 7) is 1.75. The van der Waals surface area contributed by atoms with E-state index in [-0.39, 0.29) is 11.7 Å². The van der Waals surface area contributed by atoms with Crippen molar-refractivity contribution in [1.29, 1.82) is 0 Å². The minimum Gasteiger partial charge on any atom is -0.336 e. The first-order chi connectivity index (χ1) is 12.8. The van der Waals surface area contributed by atoms with Gasteiger partial charge in [0.1, 0.15) is 0 Å². The number of fused-ring (bicyclic) bond motifs is 2. The van der Waals surface area contributed by atoms with E-state index in [4.69, 9.17) is 4.98 Å². The highest BCUT2D eigenvalue weighted by molar-refractivity contribution is 7.10. The Morgan fingerprint density at radius 1 is 1.08 bits per heavy atom. The number of aromatic nitrogens is 2. The number of hydrogen-bond donors (Lipinski definition) is 0. The van der Waals surface area contributed by atoms with Crippen molar-refractivity contribution in [2.24, 2.45) is 0 Å². The molecule has 5 heteroatoms. The molecule has 0 spiro atoms. The number of anilines is 1. The van der Waals surface area contributed by atoms with E-state index < -0.39 is 0 Å². The number of rotatable bonds is 2. The fraction of sp³-hybridized carbons (Fsp3) is 0.286. The zero-order chi connectivity index (χ0) is 17.5. The number of Topliss-reactive ketones (excluding diaryl/α,β-unsaturated/α-hetero) is 1. The molecule has 2 aromatic heterocycles. The van der Waals surface area contributed by atoms with Crippen molar-refractivity contribution in [2.45, 2.75) is 31.7 Å².